The normalized spacial score (nSPS) is 17.3. The number of aliphatic hydroxyl groups is 1. The summed E-state index contributed by atoms with van der Waals surface area (Å²) in [6, 6.07) is 4.66. The first-order valence-corrected chi connectivity index (χ1v) is 8.40. The van der Waals surface area contributed by atoms with Gasteiger partial charge in [-0.3, -0.25) is 0 Å². The summed E-state index contributed by atoms with van der Waals surface area (Å²) >= 11 is 0. The third kappa shape index (κ3) is 5.04. The van der Waals surface area contributed by atoms with Crippen molar-refractivity contribution in [2.24, 2.45) is 0 Å². The Labute approximate surface area is 146 Å². The van der Waals surface area contributed by atoms with E-state index in [2.05, 4.69) is 0 Å². The highest BCUT2D eigenvalue weighted by atomic mass is 19.1. The van der Waals surface area contributed by atoms with Crippen LogP contribution in [-0.4, -0.2) is 47.6 Å². The van der Waals surface area contributed by atoms with Crippen molar-refractivity contribution in [2.75, 3.05) is 19.8 Å². The van der Waals surface area contributed by atoms with E-state index < -0.39 is 30.3 Å². The summed E-state index contributed by atoms with van der Waals surface area (Å²) in [6.07, 6.45) is -0.674. The molecular formula is C18H25F2NO4. The van der Waals surface area contributed by atoms with Gasteiger partial charge in [0.2, 0.25) is 0 Å². The van der Waals surface area contributed by atoms with Gasteiger partial charge in [0.25, 0.3) is 0 Å². The molecule has 5 nitrogen and oxygen atoms in total. The van der Waals surface area contributed by atoms with Crippen molar-refractivity contribution in [1.82, 2.24) is 4.90 Å². The van der Waals surface area contributed by atoms with Gasteiger partial charge in [-0.25, -0.2) is 13.6 Å². The van der Waals surface area contributed by atoms with Gasteiger partial charge in [-0.15, -0.1) is 0 Å². The van der Waals surface area contributed by atoms with Crippen molar-refractivity contribution < 1.29 is 28.2 Å². The lowest BCUT2D eigenvalue weighted by molar-refractivity contribution is -0.00941. The lowest BCUT2D eigenvalue weighted by atomic mass is 10.1. The molecule has 1 atom stereocenters. The van der Waals surface area contributed by atoms with Gasteiger partial charge in [-0.2, -0.15) is 0 Å². The number of ether oxygens (including phenoxy) is 2. The Hall–Kier alpha value is -1.89. The Morgan fingerprint density at radius 1 is 1.40 bits per heavy atom. The molecule has 1 aromatic carbocycles. The van der Waals surface area contributed by atoms with E-state index in [0.717, 1.165) is 0 Å². The topological polar surface area (TPSA) is 59.0 Å². The van der Waals surface area contributed by atoms with E-state index in [1.807, 2.05) is 0 Å². The van der Waals surface area contributed by atoms with Crippen LogP contribution >= 0.6 is 0 Å². The van der Waals surface area contributed by atoms with Gasteiger partial charge in [0.05, 0.1) is 6.10 Å². The zero-order valence-corrected chi connectivity index (χ0v) is 14.8. The largest absolute Gasteiger partial charge is 0.487 e. The van der Waals surface area contributed by atoms with E-state index in [0.29, 0.717) is 25.9 Å². The number of carbonyl (C=O) groups excluding carboxylic acids is 1. The molecule has 0 saturated carbocycles. The fraction of sp³-hybridized carbons (Fsp3) is 0.611. The summed E-state index contributed by atoms with van der Waals surface area (Å²) in [5, 5.41) is 9.56. The maximum absolute atomic E-state index is 14.3. The quantitative estimate of drug-likeness (QED) is 0.875. The molecule has 1 aliphatic rings. The van der Waals surface area contributed by atoms with Crippen LogP contribution in [0.2, 0.25) is 0 Å². The first-order valence-electron chi connectivity index (χ1n) is 8.40. The molecule has 2 rings (SSSR count). The monoisotopic (exact) mass is 357 g/mol. The minimum atomic E-state index is -1.14. The van der Waals surface area contributed by atoms with Crippen LogP contribution in [0.15, 0.2) is 18.2 Å². The zero-order valence-electron chi connectivity index (χ0n) is 14.8. The van der Waals surface area contributed by atoms with Gasteiger partial charge in [0, 0.05) is 31.5 Å². The number of carbonyl (C=O) groups is 1. The molecule has 0 radical (unpaired) electrons. The van der Waals surface area contributed by atoms with Crippen molar-refractivity contribution in [2.45, 2.75) is 51.4 Å². The average Bonchev–Trinajstić information content (AvgIpc) is 2.56. The lowest BCUT2D eigenvalue weighted by Gasteiger charge is -2.33. The fourth-order valence-corrected chi connectivity index (χ4v) is 2.61. The summed E-state index contributed by atoms with van der Waals surface area (Å²) in [5.74, 6) is -0.470. The number of nitrogens with zero attached hydrogens (tertiary/aromatic N) is 1. The van der Waals surface area contributed by atoms with Crippen LogP contribution in [0.3, 0.4) is 0 Å². The van der Waals surface area contributed by atoms with Crippen molar-refractivity contribution >= 4 is 6.09 Å². The van der Waals surface area contributed by atoms with Gasteiger partial charge in [0.15, 0.2) is 11.6 Å². The van der Waals surface area contributed by atoms with Gasteiger partial charge in [0.1, 0.15) is 18.4 Å². The highest BCUT2D eigenvalue weighted by Gasteiger charge is 2.30. The standard InChI is InChI=1S/C18H25F2NO4/c1-12(22)14-5-4-6-15(16(14)20)24-13-7-9-21(10-8-13)17(23)25-18(2,3)11-19/h4-6,12-13,22H,7-11H2,1-3H3. The fourth-order valence-electron chi connectivity index (χ4n) is 2.61. The van der Waals surface area contributed by atoms with Gasteiger partial charge in [-0.05, 0) is 26.8 Å². The number of aliphatic hydroxyl groups excluding tert-OH is 1. The van der Waals surface area contributed by atoms with Gasteiger partial charge < -0.3 is 19.5 Å². The summed E-state index contributed by atoms with van der Waals surface area (Å²) in [5.41, 5.74) is -0.957. The number of rotatable bonds is 5. The summed E-state index contributed by atoms with van der Waals surface area (Å²) in [6.45, 7) is 4.55. The van der Waals surface area contributed by atoms with Crippen molar-refractivity contribution in [3.8, 4) is 5.75 Å². The summed E-state index contributed by atoms with van der Waals surface area (Å²) in [4.78, 5) is 13.5. The Bertz CT molecular complexity index is 599. The molecule has 1 aliphatic heterocycles. The van der Waals surface area contributed by atoms with Crippen LogP contribution in [0.25, 0.3) is 0 Å². The molecule has 1 aromatic rings. The molecule has 140 valence electrons. The molecule has 0 aliphatic carbocycles. The molecule has 1 heterocycles. The number of hydrogen-bond donors (Lipinski definition) is 1. The minimum absolute atomic E-state index is 0.0954. The van der Waals surface area contributed by atoms with Crippen LogP contribution in [0.5, 0.6) is 5.75 Å². The average molecular weight is 357 g/mol. The molecule has 0 aromatic heterocycles. The molecule has 0 spiro atoms. The number of likely N-dealkylation sites (tertiary alicyclic amines) is 1. The first kappa shape index (κ1) is 19.4. The highest BCUT2D eigenvalue weighted by Crippen LogP contribution is 2.28. The second-order valence-electron chi connectivity index (χ2n) is 6.90. The van der Waals surface area contributed by atoms with E-state index in [9.17, 15) is 18.7 Å². The molecule has 7 heteroatoms. The molecular weight excluding hydrogens is 332 g/mol. The van der Waals surface area contributed by atoms with Crippen LogP contribution in [0.1, 0.15) is 45.3 Å². The Kier molecular flexibility index (Phi) is 6.21. The van der Waals surface area contributed by atoms with Crippen LogP contribution in [-0.2, 0) is 4.74 Å². The van der Waals surface area contributed by atoms with Crippen molar-refractivity contribution in [3.63, 3.8) is 0 Å². The van der Waals surface area contributed by atoms with E-state index in [1.165, 1.54) is 37.8 Å². The Morgan fingerprint density at radius 3 is 2.60 bits per heavy atom. The van der Waals surface area contributed by atoms with Crippen LogP contribution in [0.4, 0.5) is 13.6 Å². The highest BCUT2D eigenvalue weighted by molar-refractivity contribution is 5.68. The molecule has 1 amide bonds. The molecule has 25 heavy (non-hydrogen) atoms. The third-order valence-electron chi connectivity index (χ3n) is 4.12. The molecule has 1 unspecified atom stereocenters. The maximum Gasteiger partial charge on any atom is 0.410 e. The first-order chi connectivity index (χ1) is 11.7. The number of amides is 1. The SMILES string of the molecule is CC(O)c1cccc(OC2CCN(C(=O)OC(C)(C)CF)CC2)c1F. The van der Waals surface area contributed by atoms with E-state index >= 15 is 0 Å². The molecule has 1 N–H and O–H groups in total. The Morgan fingerprint density at radius 2 is 2.04 bits per heavy atom. The number of benzene rings is 1. The summed E-state index contributed by atoms with van der Waals surface area (Å²) < 4.78 is 37.9. The van der Waals surface area contributed by atoms with Crippen molar-refractivity contribution in [1.29, 1.82) is 0 Å². The third-order valence-corrected chi connectivity index (χ3v) is 4.12. The van der Waals surface area contributed by atoms with Crippen LogP contribution < -0.4 is 4.74 Å². The van der Waals surface area contributed by atoms with Gasteiger partial charge >= 0.3 is 6.09 Å². The van der Waals surface area contributed by atoms with Crippen LogP contribution in [0, 0.1) is 5.82 Å². The summed E-state index contributed by atoms with van der Waals surface area (Å²) in [7, 11) is 0. The number of alkyl halides is 1. The van der Waals surface area contributed by atoms with E-state index in [1.54, 1.807) is 6.07 Å². The van der Waals surface area contributed by atoms with E-state index in [4.69, 9.17) is 9.47 Å². The number of halogens is 2. The Balaban J connectivity index is 1.91. The zero-order chi connectivity index (χ0) is 18.6. The smallest absolute Gasteiger partial charge is 0.410 e. The minimum Gasteiger partial charge on any atom is -0.487 e. The number of hydrogen-bond acceptors (Lipinski definition) is 4. The number of piperidine rings is 1. The maximum atomic E-state index is 14.3. The predicted octanol–water partition coefficient (Wildman–Crippen LogP) is 3.61. The molecule has 1 saturated heterocycles. The lowest BCUT2D eigenvalue weighted by Crippen LogP contribution is -2.45. The van der Waals surface area contributed by atoms with Crippen molar-refractivity contribution in [3.05, 3.63) is 29.6 Å². The predicted molar refractivity (Wildman–Crippen MR) is 88.8 cm³/mol. The molecule has 0 bridgehead atoms. The van der Waals surface area contributed by atoms with Gasteiger partial charge in [-0.1, -0.05) is 12.1 Å². The second-order valence-corrected chi connectivity index (χ2v) is 6.90. The molecule has 1 fully saturated rings. The second kappa shape index (κ2) is 7.99. The van der Waals surface area contributed by atoms with E-state index in [-0.39, 0.29) is 17.4 Å².